The van der Waals surface area contributed by atoms with Gasteiger partial charge < -0.3 is 16.4 Å². The van der Waals surface area contributed by atoms with Gasteiger partial charge in [0.1, 0.15) is 11.6 Å². The molecule has 4 N–H and O–H groups in total. The Kier molecular flexibility index (Phi) is 4.67. The first kappa shape index (κ1) is 17.9. The van der Waals surface area contributed by atoms with Gasteiger partial charge in [-0.3, -0.25) is 0 Å². The predicted molar refractivity (Wildman–Crippen MR) is 113 cm³/mol. The second kappa shape index (κ2) is 7.28. The van der Waals surface area contributed by atoms with Gasteiger partial charge in [-0.15, -0.1) is 11.3 Å². The number of anilines is 3. The van der Waals surface area contributed by atoms with E-state index in [1.807, 2.05) is 36.6 Å². The number of carbonyl (C=O) groups is 1. The first-order chi connectivity index (χ1) is 13.5. The van der Waals surface area contributed by atoms with Gasteiger partial charge >= 0.3 is 6.03 Å². The zero-order chi connectivity index (χ0) is 19.7. The molecule has 2 heterocycles. The molecule has 2 aromatic carbocycles. The number of rotatable bonds is 3. The Labute approximate surface area is 165 Å². The van der Waals surface area contributed by atoms with Crippen LogP contribution < -0.4 is 16.4 Å². The number of nitrogens with one attached hydrogen (secondary N) is 2. The summed E-state index contributed by atoms with van der Waals surface area (Å²) in [6.07, 6.45) is 1.65. The first-order valence-corrected chi connectivity index (χ1v) is 9.45. The molecular formula is C21H17FN4OS. The Balaban J connectivity index is 1.57. The van der Waals surface area contributed by atoms with Crippen molar-refractivity contribution < 1.29 is 9.18 Å². The number of fused-ring (bicyclic) bond motifs is 1. The topological polar surface area (TPSA) is 80.0 Å². The summed E-state index contributed by atoms with van der Waals surface area (Å²) in [5.74, 6) is -0.118. The van der Waals surface area contributed by atoms with Crippen LogP contribution in [0.2, 0.25) is 0 Å². The Bertz CT molecular complexity index is 1190. The van der Waals surface area contributed by atoms with Crippen molar-refractivity contribution >= 4 is 44.6 Å². The molecule has 140 valence electrons. The third kappa shape index (κ3) is 3.52. The average Bonchev–Trinajstić information content (AvgIpc) is 3.09. The predicted octanol–water partition coefficient (Wildman–Crippen LogP) is 5.64. The van der Waals surface area contributed by atoms with E-state index in [4.69, 9.17) is 5.73 Å². The maximum Gasteiger partial charge on any atom is 0.323 e. The van der Waals surface area contributed by atoms with Crippen molar-refractivity contribution in [1.29, 1.82) is 0 Å². The summed E-state index contributed by atoms with van der Waals surface area (Å²) < 4.78 is 15.6. The van der Waals surface area contributed by atoms with Crippen LogP contribution in [0.25, 0.3) is 21.2 Å². The minimum atomic E-state index is -0.529. The number of thiophene rings is 1. The van der Waals surface area contributed by atoms with Crippen molar-refractivity contribution in [2.45, 2.75) is 6.92 Å². The van der Waals surface area contributed by atoms with Crippen LogP contribution in [0, 0.1) is 12.7 Å². The van der Waals surface area contributed by atoms with Crippen LogP contribution >= 0.6 is 11.3 Å². The van der Waals surface area contributed by atoms with Crippen LogP contribution in [0.15, 0.2) is 60.1 Å². The largest absolute Gasteiger partial charge is 0.383 e. The zero-order valence-electron chi connectivity index (χ0n) is 15.0. The van der Waals surface area contributed by atoms with Crippen LogP contribution in [0.3, 0.4) is 0 Å². The van der Waals surface area contributed by atoms with E-state index in [9.17, 15) is 9.18 Å². The lowest BCUT2D eigenvalue weighted by Crippen LogP contribution is -2.20. The molecule has 0 saturated carbocycles. The zero-order valence-corrected chi connectivity index (χ0v) is 15.8. The van der Waals surface area contributed by atoms with Crippen molar-refractivity contribution in [3.63, 3.8) is 0 Å². The molecule has 4 aromatic rings. The number of benzene rings is 2. The van der Waals surface area contributed by atoms with Gasteiger partial charge in [0.05, 0.1) is 5.69 Å². The minimum Gasteiger partial charge on any atom is -0.383 e. The molecule has 0 unspecified atom stereocenters. The highest BCUT2D eigenvalue weighted by atomic mass is 32.1. The smallest absolute Gasteiger partial charge is 0.323 e. The Morgan fingerprint density at radius 1 is 1.14 bits per heavy atom. The standard InChI is InChI=1S/C21H17FN4OS/c1-12-3-2-4-14(9-12)25-21(27)26-17-6-5-13(10-16(17)22)15-11-28-18-7-8-24-20(23)19(15)18/h2-11H,1H3,(H2,23,24)(H2,25,26,27). The summed E-state index contributed by atoms with van der Waals surface area (Å²) in [5.41, 5.74) is 9.24. The number of nitrogen functional groups attached to an aromatic ring is 1. The number of aryl methyl sites for hydroxylation is 1. The molecule has 2 amide bonds. The lowest BCUT2D eigenvalue weighted by atomic mass is 10.0. The summed E-state index contributed by atoms with van der Waals surface area (Å²) >= 11 is 1.52. The van der Waals surface area contributed by atoms with E-state index >= 15 is 0 Å². The molecule has 0 aliphatic rings. The van der Waals surface area contributed by atoms with Crippen molar-refractivity contribution in [1.82, 2.24) is 4.98 Å². The van der Waals surface area contributed by atoms with E-state index in [2.05, 4.69) is 15.6 Å². The summed E-state index contributed by atoms with van der Waals surface area (Å²) in [4.78, 5) is 16.3. The minimum absolute atomic E-state index is 0.0968. The van der Waals surface area contributed by atoms with Gasteiger partial charge in [0.15, 0.2) is 0 Å². The SMILES string of the molecule is Cc1cccc(NC(=O)Nc2ccc(-c3csc4ccnc(N)c34)cc2F)c1. The van der Waals surface area contributed by atoms with Crippen molar-refractivity contribution in [3.05, 3.63) is 71.5 Å². The normalized spacial score (nSPS) is 10.8. The van der Waals surface area contributed by atoms with Crippen LogP contribution in [0.5, 0.6) is 0 Å². The van der Waals surface area contributed by atoms with Crippen LogP contribution in [0.1, 0.15) is 5.56 Å². The molecule has 28 heavy (non-hydrogen) atoms. The van der Waals surface area contributed by atoms with Crippen molar-refractivity contribution in [3.8, 4) is 11.1 Å². The number of hydrogen-bond acceptors (Lipinski definition) is 4. The maximum absolute atomic E-state index is 14.6. The number of urea groups is 1. The number of halogens is 1. The van der Waals surface area contributed by atoms with E-state index < -0.39 is 11.8 Å². The fraction of sp³-hybridized carbons (Fsp3) is 0.0476. The third-order valence-corrected chi connectivity index (χ3v) is 5.27. The van der Waals surface area contributed by atoms with Crippen LogP contribution in [-0.4, -0.2) is 11.0 Å². The molecule has 0 spiro atoms. The highest BCUT2D eigenvalue weighted by Gasteiger charge is 2.13. The molecule has 0 saturated heterocycles. The monoisotopic (exact) mass is 392 g/mol. The fourth-order valence-corrected chi connectivity index (χ4v) is 3.98. The summed E-state index contributed by atoms with van der Waals surface area (Å²) in [6.45, 7) is 1.93. The van der Waals surface area contributed by atoms with Crippen molar-refractivity contribution in [2.24, 2.45) is 0 Å². The molecule has 2 aromatic heterocycles. The molecule has 0 aliphatic heterocycles. The molecule has 0 aliphatic carbocycles. The quantitative estimate of drug-likeness (QED) is 0.422. The average molecular weight is 392 g/mol. The molecule has 5 nitrogen and oxygen atoms in total. The van der Waals surface area contributed by atoms with E-state index in [1.165, 1.54) is 23.5 Å². The lowest BCUT2D eigenvalue weighted by molar-refractivity contribution is 0.262. The first-order valence-electron chi connectivity index (χ1n) is 8.57. The third-order valence-electron chi connectivity index (χ3n) is 4.32. The number of carbonyl (C=O) groups excluding carboxylic acids is 1. The fourth-order valence-electron chi connectivity index (χ4n) is 3.01. The van der Waals surface area contributed by atoms with Gasteiger partial charge in [0, 0.05) is 27.5 Å². The maximum atomic E-state index is 14.6. The summed E-state index contributed by atoms with van der Waals surface area (Å²) in [5, 5.41) is 7.97. The van der Waals surface area contributed by atoms with E-state index in [-0.39, 0.29) is 5.69 Å². The second-order valence-electron chi connectivity index (χ2n) is 6.36. The molecule has 0 bridgehead atoms. The van der Waals surface area contributed by atoms with Gasteiger partial charge in [-0.25, -0.2) is 14.2 Å². The Morgan fingerprint density at radius 2 is 2.00 bits per heavy atom. The number of nitrogens with two attached hydrogens (primary N) is 1. The van der Waals surface area contributed by atoms with E-state index in [0.29, 0.717) is 17.1 Å². The Hall–Kier alpha value is -3.45. The van der Waals surface area contributed by atoms with E-state index in [0.717, 1.165) is 21.2 Å². The van der Waals surface area contributed by atoms with E-state index in [1.54, 1.807) is 18.3 Å². The second-order valence-corrected chi connectivity index (χ2v) is 7.27. The Morgan fingerprint density at radius 3 is 2.79 bits per heavy atom. The number of hydrogen-bond donors (Lipinski definition) is 3. The van der Waals surface area contributed by atoms with Gasteiger partial charge in [0.25, 0.3) is 0 Å². The molecule has 4 rings (SSSR count). The molecule has 0 fully saturated rings. The number of nitrogens with zero attached hydrogens (tertiary/aromatic N) is 1. The van der Waals surface area contributed by atoms with Gasteiger partial charge in [-0.05, 0) is 53.8 Å². The summed E-state index contributed by atoms with van der Waals surface area (Å²) in [6, 6.07) is 13.4. The molecule has 0 atom stereocenters. The van der Waals surface area contributed by atoms with Crippen LogP contribution in [-0.2, 0) is 0 Å². The lowest BCUT2D eigenvalue weighted by Gasteiger charge is -2.10. The molecular weight excluding hydrogens is 375 g/mol. The van der Waals surface area contributed by atoms with Crippen molar-refractivity contribution in [2.75, 3.05) is 16.4 Å². The number of pyridine rings is 1. The highest BCUT2D eigenvalue weighted by Crippen LogP contribution is 2.37. The number of aromatic nitrogens is 1. The van der Waals surface area contributed by atoms with Gasteiger partial charge in [-0.2, -0.15) is 0 Å². The van der Waals surface area contributed by atoms with Gasteiger partial charge in [-0.1, -0.05) is 18.2 Å². The van der Waals surface area contributed by atoms with Gasteiger partial charge in [0.2, 0.25) is 0 Å². The van der Waals surface area contributed by atoms with Crippen LogP contribution in [0.4, 0.5) is 26.4 Å². The number of amides is 2. The highest BCUT2D eigenvalue weighted by molar-refractivity contribution is 7.17. The summed E-state index contributed by atoms with van der Waals surface area (Å²) in [7, 11) is 0. The molecule has 0 radical (unpaired) electrons. The molecule has 7 heteroatoms.